The quantitative estimate of drug-likeness (QED) is 0.556. The second kappa shape index (κ2) is 8.40. The molecule has 4 N–H and O–H groups in total. The van der Waals surface area contributed by atoms with Gasteiger partial charge in [-0.15, -0.1) is 11.3 Å². The van der Waals surface area contributed by atoms with E-state index in [1.54, 1.807) is 22.5 Å². The summed E-state index contributed by atoms with van der Waals surface area (Å²) in [4.78, 5) is 24.9. The summed E-state index contributed by atoms with van der Waals surface area (Å²) in [5.74, 6) is -0.147. The Hall–Kier alpha value is -2.92. The lowest BCUT2D eigenvalue weighted by Gasteiger charge is -2.21. The Balaban J connectivity index is 1.76. The molecule has 0 atom stereocenters. The molecule has 148 valence electrons. The molecule has 1 aromatic carbocycles. The average Bonchev–Trinajstić information content (AvgIpc) is 3.33. The number of amides is 1. The first-order valence-corrected chi connectivity index (χ1v) is 9.12. The number of nitrogens with two attached hydrogens (primary N) is 1. The molecule has 0 unspecified atom stereocenters. The monoisotopic (exact) mass is 410 g/mol. The van der Waals surface area contributed by atoms with Gasteiger partial charge in [-0.1, -0.05) is 12.1 Å². The predicted octanol–water partition coefficient (Wildman–Crippen LogP) is 3.10. The number of thiazole rings is 1. The number of nitrogens with one attached hydrogen (secondary N) is 2. The van der Waals surface area contributed by atoms with Gasteiger partial charge in [0.15, 0.2) is 5.13 Å². The van der Waals surface area contributed by atoms with E-state index in [9.17, 15) is 18.0 Å². The van der Waals surface area contributed by atoms with E-state index in [0.717, 1.165) is 12.1 Å². The molecule has 1 amide bonds. The topological polar surface area (TPSA) is 99.9 Å². The van der Waals surface area contributed by atoms with E-state index in [1.165, 1.54) is 23.6 Å². The number of imidazole rings is 1. The summed E-state index contributed by atoms with van der Waals surface area (Å²) in [6, 6.07) is 5.10. The van der Waals surface area contributed by atoms with Crippen LogP contribution >= 0.6 is 11.3 Å². The van der Waals surface area contributed by atoms with Crippen molar-refractivity contribution in [2.45, 2.75) is 12.7 Å². The lowest BCUT2D eigenvalue weighted by Crippen LogP contribution is -2.29. The van der Waals surface area contributed by atoms with Crippen LogP contribution in [0.25, 0.3) is 0 Å². The molecule has 0 aliphatic heterocycles. The molecule has 7 nitrogen and oxygen atoms in total. The van der Waals surface area contributed by atoms with Gasteiger partial charge < -0.3 is 15.6 Å². The van der Waals surface area contributed by atoms with Crippen molar-refractivity contribution in [3.05, 3.63) is 58.9 Å². The zero-order valence-electron chi connectivity index (χ0n) is 14.5. The zero-order valence-corrected chi connectivity index (χ0v) is 15.3. The highest BCUT2D eigenvalue weighted by Crippen LogP contribution is 2.30. The number of halogens is 3. The van der Waals surface area contributed by atoms with Gasteiger partial charge in [0.2, 0.25) is 5.95 Å². The maximum absolute atomic E-state index is 12.9. The van der Waals surface area contributed by atoms with Gasteiger partial charge in [0.25, 0.3) is 5.91 Å². The lowest BCUT2D eigenvalue weighted by atomic mass is 10.1. The van der Waals surface area contributed by atoms with Crippen molar-refractivity contribution in [2.24, 2.45) is 5.73 Å². The molecule has 2 heterocycles. The second-order valence-corrected chi connectivity index (χ2v) is 6.65. The molecule has 0 bridgehead atoms. The minimum atomic E-state index is -4.41. The number of anilines is 2. The first-order valence-electron chi connectivity index (χ1n) is 8.24. The van der Waals surface area contributed by atoms with Crippen LogP contribution < -0.4 is 16.0 Å². The van der Waals surface area contributed by atoms with E-state index in [2.05, 4.69) is 20.3 Å². The van der Waals surface area contributed by atoms with E-state index in [0.29, 0.717) is 23.2 Å². The largest absolute Gasteiger partial charge is 0.416 e. The van der Waals surface area contributed by atoms with E-state index < -0.39 is 17.6 Å². The summed E-state index contributed by atoms with van der Waals surface area (Å²) in [5.41, 5.74) is 5.58. The Kier molecular flexibility index (Phi) is 5.95. The summed E-state index contributed by atoms with van der Waals surface area (Å²) in [7, 11) is 0. The molecule has 0 radical (unpaired) electrons. The number of hydrogen-bond donors (Lipinski definition) is 3. The van der Waals surface area contributed by atoms with Crippen LogP contribution in [0.5, 0.6) is 0 Å². The molecule has 0 fully saturated rings. The van der Waals surface area contributed by atoms with E-state index in [4.69, 9.17) is 5.73 Å². The van der Waals surface area contributed by atoms with Gasteiger partial charge >= 0.3 is 6.18 Å². The number of benzene rings is 1. The normalized spacial score (nSPS) is 11.4. The minimum absolute atomic E-state index is 0.183. The van der Waals surface area contributed by atoms with Gasteiger partial charge in [-0.05, 0) is 17.7 Å². The van der Waals surface area contributed by atoms with Crippen molar-refractivity contribution in [2.75, 3.05) is 23.3 Å². The summed E-state index contributed by atoms with van der Waals surface area (Å²) < 4.78 is 38.8. The SMILES string of the molecule is NCCN(Cc1cccc(C(F)(F)F)c1)c1nc(C(=O)Nc2ncc[nH]2)cs1. The van der Waals surface area contributed by atoms with Crippen LogP contribution in [0.4, 0.5) is 24.3 Å². The maximum atomic E-state index is 12.9. The highest BCUT2D eigenvalue weighted by Gasteiger charge is 2.30. The van der Waals surface area contributed by atoms with Crippen LogP contribution in [0, 0.1) is 0 Å². The van der Waals surface area contributed by atoms with E-state index in [1.807, 2.05) is 0 Å². The van der Waals surface area contributed by atoms with Crippen molar-refractivity contribution in [3.63, 3.8) is 0 Å². The Labute approximate surface area is 162 Å². The van der Waals surface area contributed by atoms with Crippen LogP contribution in [-0.4, -0.2) is 33.9 Å². The fraction of sp³-hybridized carbons (Fsp3) is 0.235. The Morgan fingerprint density at radius 2 is 2.18 bits per heavy atom. The Morgan fingerprint density at radius 1 is 1.36 bits per heavy atom. The first-order chi connectivity index (χ1) is 13.4. The Bertz CT molecular complexity index is 925. The standard InChI is InChI=1S/C17H17F3N6OS/c18-17(19,20)12-3-1-2-11(8-12)9-26(7-4-21)16-24-13(10-28-16)14(27)25-15-22-5-6-23-15/h1-3,5-6,8,10H,4,7,9,21H2,(H2,22,23,25,27). The van der Waals surface area contributed by atoms with Crippen molar-refractivity contribution in [1.82, 2.24) is 15.0 Å². The molecule has 0 aliphatic carbocycles. The molecule has 0 saturated heterocycles. The number of hydrogen-bond acceptors (Lipinski definition) is 6. The van der Waals surface area contributed by atoms with E-state index in [-0.39, 0.29) is 18.8 Å². The van der Waals surface area contributed by atoms with Gasteiger partial charge in [-0.2, -0.15) is 13.2 Å². The lowest BCUT2D eigenvalue weighted by molar-refractivity contribution is -0.137. The molecule has 3 rings (SSSR count). The summed E-state index contributed by atoms with van der Waals surface area (Å²) in [6.07, 6.45) is -1.34. The number of carbonyl (C=O) groups is 1. The minimum Gasteiger partial charge on any atom is -0.342 e. The molecule has 0 saturated carbocycles. The molecule has 0 aliphatic rings. The molecular formula is C17H17F3N6OS. The number of alkyl halides is 3. The molecule has 11 heteroatoms. The molecule has 0 spiro atoms. The fourth-order valence-corrected chi connectivity index (χ4v) is 3.32. The molecule has 28 heavy (non-hydrogen) atoms. The number of aromatic amines is 1. The predicted molar refractivity (Wildman–Crippen MR) is 100 cm³/mol. The maximum Gasteiger partial charge on any atom is 0.416 e. The summed E-state index contributed by atoms with van der Waals surface area (Å²) >= 11 is 1.21. The third-order valence-corrected chi connectivity index (χ3v) is 4.65. The zero-order chi connectivity index (χ0) is 20.1. The van der Waals surface area contributed by atoms with Gasteiger partial charge in [0.05, 0.1) is 5.56 Å². The third-order valence-electron chi connectivity index (χ3n) is 3.75. The van der Waals surface area contributed by atoms with Crippen LogP contribution in [0.1, 0.15) is 21.6 Å². The van der Waals surface area contributed by atoms with Gasteiger partial charge in [-0.25, -0.2) is 9.97 Å². The number of aromatic nitrogens is 3. The van der Waals surface area contributed by atoms with Gasteiger partial charge in [-0.3, -0.25) is 10.1 Å². The number of carbonyl (C=O) groups excluding carboxylic acids is 1. The van der Waals surface area contributed by atoms with Crippen molar-refractivity contribution in [3.8, 4) is 0 Å². The molecular weight excluding hydrogens is 393 g/mol. The average molecular weight is 410 g/mol. The first kappa shape index (κ1) is 19.8. The summed E-state index contributed by atoms with van der Waals surface area (Å²) in [5, 5.41) is 4.63. The van der Waals surface area contributed by atoms with Gasteiger partial charge in [0, 0.05) is 37.4 Å². The van der Waals surface area contributed by atoms with Crippen LogP contribution in [0.3, 0.4) is 0 Å². The fourth-order valence-electron chi connectivity index (χ4n) is 2.48. The van der Waals surface area contributed by atoms with Crippen LogP contribution in [-0.2, 0) is 12.7 Å². The van der Waals surface area contributed by atoms with Crippen molar-refractivity contribution in [1.29, 1.82) is 0 Å². The van der Waals surface area contributed by atoms with Crippen LogP contribution in [0.15, 0.2) is 42.0 Å². The summed E-state index contributed by atoms with van der Waals surface area (Å²) in [6.45, 7) is 0.851. The molecule has 2 aromatic heterocycles. The Morgan fingerprint density at radius 3 is 2.86 bits per heavy atom. The van der Waals surface area contributed by atoms with E-state index >= 15 is 0 Å². The smallest absolute Gasteiger partial charge is 0.342 e. The highest BCUT2D eigenvalue weighted by molar-refractivity contribution is 7.13. The molecule has 3 aromatic rings. The van der Waals surface area contributed by atoms with Gasteiger partial charge in [0.1, 0.15) is 5.69 Å². The number of rotatable bonds is 7. The van der Waals surface area contributed by atoms with Crippen molar-refractivity contribution >= 4 is 28.3 Å². The third kappa shape index (κ3) is 4.87. The number of H-pyrrole nitrogens is 1. The number of nitrogens with zero attached hydrogens (tertiary/aromatic N) is 3. The van der Waals surface area contributed by atoms with Crippen molar-refractivity contribution < 1.29 is 18.0 Å². The second-order valence-electron chi connectivity index (χ2n) is 5.82. The highest BCUT2D eigenvalue weighted by atomic mass is 32.1. The van der Waals surface area contributed by atoms with Crippen LogP contribution in [0.2, 0.25) is 0 Å².